The van der Waals surface area contributed by atoms with Crippen molar-refractivity contribution in [2.45, 2.75) is 51.0 Å². The number of nitrogens with one attached hydrogen (secondary N) is 1. The van der Waals surface area contributed by atoms with Gasteiger partial charge in [0.05, 0.1) is 23.8 Å². The number of carbonyl (C=O) groups is 1. The maximum atomic E-state index is 13.7. The summed E-state index contributed by atoms with van der Waals surface area (Å²) >= 11 is 0. The van der Waals surface area contributed by atoms with E-state index in [1.165, 1.54) is 12.1 Å². The average Bonchev–Trinajstić information content (AvgIpc) is 3.35. The third-order valence-electron chi connectivity index (χ3n) is 6.48. The largest absolute Gasteiger partial charge is 0.479 e. The first-order chi connectivity index (χ1) is 15.3. The molecule has 1 aromatic carbocycles. The third kappa shape index (κ3) is 3.17. The molecule has 4 heterocycles. The number of aromatic nitrogens is 4. The van der Waals surface area contributed by atoms with Crippen molar-refractivity contribution in [2.75, 3.05) is 6.61 Å². The van der Waals surface area contributed by atoms with Gasteiger partial charge in [-0.3, -0.25) is 5.10 Å². The molecule has 1 fully saturated rings. The van der Waals surface area contributed by atoms with Gasteiger partial charge in [0.25, 0.3) is 0 Å². The number of H-pyrrole nitrogens is 1. The van der Waals surface area contributed by atoms with Crippen LogP contribution in [0.25, 0.3) is 27.8 Å². The normalized spacial score (nSPS) is 21.6. The van der Waals surface area contributed by atoms with Crippen molar-refractivity contribution in [3.63, 3.8) is 0 Å². The number of pyridine rings is 1. The molecule has 8 heteroatoms. The van der Waals surface area contributed by atoms with E-state index in [-0.39, 0.29) is 17.7 Å². The predicted octanol–water partition coefficient (Wildman–Crippen LogP) is 4.90. The second kappa shape index (κ2) is 7.41. The molecule has 7 nitrogen and oxygen atoms in total. The zero-order valence-electron chi connectivity index (χ0n) is 18.2. The Morgan fingerprint density at radius 3 is 2.72 bits per heavy atom. The molecule has 0 amide bonds. The molecule has 1 aliphatic rings. The van der Waals surface area contributed by atoms with Gasteiger partial charge in [0.1, 0.15) is 5.82 Å². The van der Waals surface area contributed by atoms with Crippen LogP contribution in [0.15, 0.2) is 36.5 Å². The van der Waals surface area contributed by atoms with Crippen LogP contribution in [0.3, 0.4) is 0 Å². The molecule has 5 rings (SSSR count). The van der Waals surface area contributed by atoms with Crippen LogP contribution in [0, 0.1) is 5.82 Å². The number of nitrogens with zero attached hydrogens (tertiary/aromatic N) is 3. The van der Waals surface area contributed by atoms with Crippen molar-refractivity contribution in [3.05, 3.63) is 53.6 Å². The van der Waals surface area contributed by atoms with Crippen LogP contribution < -0.4 is 0 Å². The predicted molar refractivity (Wildman–Crippen MR) is 119 cm³/mol. The fraction of sp³-hybridized carbons (Fsp3) is 0.375. The maximum Gasteiger partial charge on any atom is 0.335 e. The molecule has 0 saturated carbocycles. The molecule has 0 aliphatic carbocycles. The van der Waals surface area contributed by atoms with E-state index >= 15 is 0 Å². The Kier molecular flexibility index (Phi) is 4.78. The molecule has 2 unspecified atom stereocenters. The first-order valence-electron chi connectivity index (χ1n) is 10.8. The number of rotatable bonds is 4. The lowest BCUT2D eigenvalue weighted by Gasteiger charge is -2.35. The van der Waals surface area contributed by atoms with E-state index in [2.05, 4.69) is 28.6 Å². The van der Waals surface area contributed by atoms with Gasteiger partial charge in [0, 0.05) is 28.2 Å². The third-order valence-corrected chi connectivity index (χ3v) is 6.48. The lowest BCUT2D eigenvalue weighted by Crippen LogP contribution is -2.43. The first kappa shape index (κ1) is 20.6. The van der Waals surface area contributed by atoms with Gasteiger partial charge in [0.2, 0.25) is 0 Å². The molecular formula is C24H25FN4O3. The monoisotopic (exact) mass is 436 g/mol. The van der Waals surface area contributed by atoms with Crippen molar-refractivity contribution in [1.29, 1.82) is 0 Å². The highest BCUT2D eigenvalue weighted by molar-refractivity contribution is 5.93. The summed E-state index contributed by atoms with van der Waals surface area (Å²) < 4.78 is 21.7. The Morgan fingerprint density at radius 1 is 1.34 bits per heavy atom. The van der Waals surface area contributed by atoms with E-state index in [9.17, 15) is 14.3 Å². The van der Waals surface area contributed by atoms with Gasteiger partial charge < -0.3 is 14.4 Å². The van der Waals surface area contributed by atoms with Gasteiger partial charge in [-0.15, -0.1) is 0 Å². The quantitative estimate of drug-likeness (QED) is 0.475. The summed E-state index contributed by atoms with van der Waals surface area (Å²) in [5.74, 6) is -1.09. The average molecular weight is 436 g/mol. The lowest BCUT2D eigenvalue weighted by molar-refractivity contribution is -0.170. The zero-order chi connectivity index (χ0) is 22.6. The molecule has 3 aromatic heterocycles. The molecule has 4 aromatic rings. The molecular weight excluding hydrogens is 411 g/mol. The van der Waals surface area contributed by atoms with Gasteiger partial charge in [-0.25, -0.2) is 14.2 Å². The zero-order valence-corrected chi connectivity index (χ0v) is 18.2. The lowest BCUT2D eigenvalue weighted by atomic mass is 9.84. The minimum Gasteiger partial charge on any atom is -0.479 e. The highest BCUT2D eigenvalue weighted by atomic mass is 19.1. The van der Waals surface area contributed by atoms with Crippen molar-refractivity contribution < 1.29 is 19.0 Å². The smallest absolute Gasteiger partial charge is 0.335 e. The number of halogens is 1. The van der Waals surface area contributed by atoms with Crippen molar-refractivity contribution in [3.8, 4) is 5.69 Å². The Bertz CT molecular complexity index is 1310. The summed E-state index contributed by atoms with van der Waals surface area (Å²) in [6.07, 6.45) is 2.83. The van der Waals surface area contributed by atoms with Crippen LogP contribution in [-0.4, -0.2) is 43.0 Å². The van der Waals surface area contributed by atoms with E-state index in [4.69, 9.17) is 9.72 Å². The van der Waals surface area contributed by atoms with Crippen molar-refractivity contribution in [2.24, 2.45) is 0 Å². The minimum atomic E-state index is -1.17. The first-order valence-corrected chi connectivity index (χ1v) is 10.8. The molecule has 2 N–H and O–H groups in total. The van der Waals surface area contributed by atoms with E-state index in [1.54, 1.807) is 25.3 Å². The number of aliphatic carboxylic acids is 1. The highest BCUT2D eigenvalue weighted by Crippen LogP contribution is 2.43. The fourth-order valence-electron chi connectivity index (χ4n) is 4.73. The van der Waals surface area contributed by atoms with E-state index in [0.717, 1.165) is 33.4 Å². The molecule has 0 bridgehead atoms. The van der Waals surface area contributed by atoms with E-state index < -0.39 is 11.6 Å². The Hall–Kier alpha value is -3.26. The number of ether oxygens (including phenoxy) is 1. The Balaban J connectivity index is 1.75. The van der Waals surface area contributed by atoms with E-state index in [0.29, 0.717) is 25.1 Å². The van der Waals surface area contributed by atoms with Gasteiger partial charge in [0.15, 0.2) is 11.2 Å². The summed E-state index contributed by atoms with van der Waals surface area (Å²) in [6, 6.07) is 8.49. The van der Waals surface area contributed by atoms with E-state index in [1.807, 2.05) is 6.07 Å². The van der Waals surface area contributed by atoms with Gasteiger partial charge in [-0.1, -0.05) is 13.8 Å². The number of carboxylic acids is 1. The van der Waals surface area contributed by atoms with Gasteiger partial charge in [-0.2, -0.15) is 5.10 Å². The number of hydrogen-bond donors (Lipinski definition) is 2. The van der Waals surface area contributed by atoms with Crippen LogP contribution in [-0.2, 0) is 9.53 Å². The van der Waals surface area contributed by atoms with Crippen LogP contribution >= 0.6 is 0 Å². The van der Waals surface area contributed by atoms with Crippen LogP contribution in [0.2, 0.25) is 0 Å². The number of carboxylic acid groups (broad SMARTS) is 1. The Labute approximate surface area is 184 Å². The summed E-state index contributed by atoms with van der Waals surface area (Å²) in [4.78, 5) is 16.6. The molecule has 0 radical (unpaired) electrons. The molecule has 2 atom stereocenters. The number of aromatic amines is 1. The standard InChI is InChI=1S/C24H25FN4O3/c1-13(2)21-19(14-8-9-24(3,23(30)31)32-12-14)20-18(10-15-11-26-28-22(15)27-20)29(21)17-6-4-16(25)5-7-17/h4-7,10-11,13-14H,8-9,12H2,1-3H3,(H,30,31)(H,26,27,28). The maximum absolute atomic E-state index is 13.7. The molecule has 1 saturated heterocycles. The Morgan fingerprint density at radius 2 is 2.09 bits per heavy atom. The fourth-order valence-corrected chi connectivity index (χ4v) is 4.73. The molecule has 166 valence electrons. The van der Waals surface area contributed by atoms with Crippen molar-refractivity contribution in [1.82, 2.24) is 19.7 Å². The van der Waals surface area contributed by atoms with Gasteiger partial charge in [-0.05, 0) is 56.0 Å². The molecule has 0 spiro atoms. The van der Waals surface area contributed by atoms with Crippen LogP contribution in [0.4, 0.5) is 4.39 Å². The second-order valence-electron chi connectivity index (χ2n) is 9.01. The SMILES string of the molecule is CC(C)c1c(C2CCC(C)(C(=O)O)OC2)c2nc3[nH]ncc3cc2n1-c1ccc(F)cc1. The summed E-state index contributed by atoms with van der Waals surface area (Å²) in [7, 11) is 0. The highest BCUT2D eigenvalue weighted by Gasteiger charge is 2.41. The molecule has 32 heavy (non-hydrogen) atoms. The minimum absolute atomic E-state index is 0.00288. The molecule has 1 aliphatic heterocycles. The number of fused-ring (bicyclic) bond motifs is 2. The van der Waals surface area contributed by atoms with Crippen molar-refractivity contribution >= 4 is 28.0 Å². The number of benzene rings is 1. The number of hydrogen-bond acceptors (Lipinski definition) is 4. The summed E-state index contributed by atoms with van der Waals surface area (Å²) in [6.45, 7) is 6.17. The second-order valence-corrected chi connectivity index (χ2v) is 9.01. The van der Waals surface area contributed by atoms with Crippen LogP contribution in [0.5, 0.6) is 0 Å². The van der Waals surface area contributed by atoms with Gasteiger partial charge >= 0.3 is 5.97 Å². The topological polar surface area (TPSA) is 93.0 Å². The summed E-state index contributed by atoms with van der Waals surface area (Å²) in [5.41, 5.74) is 4.25. The van der Waals surface area contributed by atoms with Crippen LogP contribution in [0.1, 0.15) is 56.7 Å². The summed E-state index contributed by atoms with van der Waals surface area (Å²) in [5, 5.41) is 17.5.